The zero-order chi connectivity index (χ0) is 16.2. The van der Waals surface area contributed by atoms with Gasteiger partial charge >= 0.3 is 12.1 Å². The minimum atomic E-state index is -2.21. The van der Waals surface area contributed by atoms with Crippen molar-refractivity contribution in [3.8, 4) is 0 Å². The molecule has 0 radical (unpaired) electrons. The van der Waals surface area contributed by atoms with Crippen molar-refractivity contribution in [3.05, 3.63) is 0 Å². The number of amides is 1. The van der Waals surface area contributed by atoms with E-state index in [0.717, 1.165) is 0 Å². The van der Waals surface area contributed by atoms with Gasteiger partial charge in [-0.15, -0.1) is 0 Å². The van der Waals surface area contributed by atoms with E-state index in [1.54, 1.807) is 20.8 Å². The zero-order valence-electron chi connectivity index (χ0n) is 14.1. The summed E-state index contributed by atoms with van der Waals surface area (Å²) in [6, 6.07) is -1.37. The second kappa shape index (κ2) is 3.87. The lowest BCUT2D eigenvalue weighted by molar-refractivity contribution is -0.146. The van der Waals surface area contributed by atoms with Gasteiger partial charge in [-0.25, -0.2) is 9.59 Å². The average molecular weight is 258 g/mol. The van der Waals surface area contributed by atoms with Gasteiger partial charge in [-0.2, -0.15) is 0 Å². The summed E-state index contributed by atoms with van der Waals surface area (Å²) in [5.41, 5.74) is -1.71. The van der Waals surface area contributed by atoms with Gasteiger partial charge in [0.25, 0.3) is 0 Å². The Kier molecular flexibility index (Phi) is 2.07. The van der Waals surface area contributed by atoms with E-state index in [2.05, 4.69) is 0 Å². The Morgan fingerprint density at radius 1 is 1.39 bits per heavy atom. The Bertz CT molecular complexity index is 471. The number of nitrogens with zero attached hydrogens (tertiary/aromatic N) is 1. The summed E-state index contributed by atoms with van der Waals surface area (Å²) in [7, 11) is 1.22. The number of rotatable bonds is 1. The SMILES string of the molecule is [2H]C([2H])([2H])[C@@]12C[C@@H](C(=O)OC)N(C(=O)OC(C)(C)C)[C@@H]1C2. The van der Waals surface area contributed by atoms with Crippen molar-refractivity contribution in [2.75, 3.05) is 7.11 Å². The Hall–Kier alpha value is -1.26. The molecule has 2 aliphatic rings. The minimum Gasteiger partial charge on any atom is -0.467 e. The number of fused-ring (bicyclic) bond motifs is 1. The van der Waals surface area contributed by atoms with E-state index in [9.17, 15) is 9.59 Å². The van der Waals surface area contributed by atoms with Crippen molar-refractivity contribution in [1.29, 1.82) is 0 Å². The van der Waals surface area contributed by atoms with Crippen LogP contribution in [0.15, 0.2) is 0 Å². The number of hydrogen-bond acceptors (Lipinski definition) is 4. The molecule has 5 heteroatoms. The molecule has 1 heterocycles. The van der Waals surface area contributed by atoms with Crippen molar-refractivity contribution in [3.63, 3.8) is 0 Å². The summed E-state index contributed by atoms with van der Waals surface area (Å²) in [5, 5.41) is 0. The van der Waals surface area contributed by atoms with Gasteiger partial charge in [0.15, 0.2) is 0 Å². The van der Waals surface area contributed by atoms with E-state index in [1.807, 2.05) is 0 Å². The standard InChI is InChI=1S/C13H21NO4/c1-12(2,3)18-11(16)14-8(10(15)17-5)6-13(4)7-9(13)14/h8-9H,6-7H2,1-5H3/t8-,9+,13-/m0/s1/i4D3. The van der Waals surface area contributed by atoms with Crippen LogP contribution in [-0.2, 0) is 14.3 Å². The maximum Gasteiger partial charge on any atom is 0.411 e. The van der Waals surface area contributed by atoms with E-state index in [-0.39, 0.29) is 6.42 Å². The molecule has 0 N–H and O–H groups in total. The summed E-state index contributed by atoms with van der Waals surface area (Å²) in [6.45, 7) is 2.95. The molecule has 0 spiro atoms. The van der Waals surface area contributed by atoms with Crippen LogP contribution in [0, 0.1) is 5.41 Å². The molecule has 0 aromatic rings. The number of methoxy groups -OCH3 is 1. The number of carbonyl (C=O) groups is 2. The van der Waals surface area contributed by atoms with E-state index in [4.69, 9.17) is 13.6 Å². The topological polar surface area (TPSA) is 55.8 Å². The normalized spacial score (nSPS) is 37.1. The van der Waals surface area contributed by atoms with E-state index < -0.39 is 42.0 Å². The first kappa shape index (κ1) is 9.64. The Balaban J connectivity index is 2.26. The van der Waals surface area contributed by atoms with Crippen LogP contribution in [0.1, 0.15) is 44.6 Å². The van der Waals surface area contributed by atoms with Crippen LogP contribution in [0.4, 0.5) is 4.79 Å². The van der Waals surface area contributed by atoms with Crippen LogP contribution in [-0.4, -0.2) is 41.8 Å². The highest BCUT2D eigenvalue weighted by atomic mass is 16.6. The highest BCUT2D eigenvalue weighted by Gasteiger charge is 2.65. The number of likely N-dealkylation sites (tertiary alicyclic amines) is 1. The molecule has 1 saturated carbocycles. The fourth-order valence-electron chi connectivity index (χ4n) is 2.43. The molecular formula is C13H21NO4. The van der Waals surface area contributed by atoms with Gasteiger partial charge in [0.2, 0.25) is 0 Å². The lowest BCUT2D eigenvalue weighted by atomic mass is 10.0. The van der Waals surface area contributed by atoms with E-state index in [0.29, 0.717) is 6.42 Å². The van der Waals surface area contributed by atoms with Crippen LogP contribution in [0.25, 0.3) is 0 Å². The minimum absolute atomic E-state index is 0.0973. The van der Waals surface area contributed by atoms with Crippen molar-refractivity contribution in [1.82, 2.24) is 4.90 Å². The largest absolute Gasteiger partial charge is 0.467 e. The fraction of sp³-hybridized carbons (Fsp3) is 0.846. The van der Waals surface area contributed by atoms with Gasteiger partial charge in [0.05, 0.1) is 7.11 Å². The summed E-state index contributed by atoms with van der Waals surface area (Å²) in [5.74, 6) is -0.600. The van der Waals surface area contributed by atoms with Gasteiger partial charge < -0.3 is 9.47 Å². The van der Waals surface area contributed by atoms with Crippen LogP contribution >= 0.6 is 0 Å². The molecule has 1 amide bonds. The monoisotopic (exact) mass is 258 g/mol. The molecule has 3 atom stereocenters. The number of piperidine rings is 1. The molecule has 0 bridgehead atoms. The maximum absolute atomic E-state index is 12.3. The number of hydrogen-bond donors (Lipinski definition) is 0. The fourth-order valence-corrected chi connectivity index (χ4v) is 2.43. The first-order valence-electron chi connectivity index (χ1n) is 7.52. The molecule has 5 nitrogen and oxygen atoms in total. The molecule has 0 aromatic carbocycles. The summed E-state index contributed by atoms with van der Waals surface area (Å²) >= 11 is 0. The Morgan fingerprint density at radius 2 is 2.06 bits per heavy atom. The van der Waals surface area contributed by atoms with Crippen LogP contribution in [0.2, 0.25) is 0 Å². The zero-order valence-corrected chi connectivity index (χ0v) is 11.1. The molecule has 18 heavy (non-hydrogen) atoms. The number of esters is 1. The third-order valence-corrected chi connectivity index (χ3v) is 3.34. The van der Waals surface area contributed by atoms with Gasteiger partial charge in [-0.05, 0) is 39.0 Å². The quantitative estimate of drug-likeness (QED) is 0.674. The molecule has 1 saturated heterocycles. The Morgan fingerprint density at radius 3 is 2.56 bits per heavy atom. The first-order chi connectivity index (χ1) is 9.43. The predicted molar refractivity (Wildman–Crippen MR) is 65.0 cm³/mol. The van der Waals surface area contributed by atoms with Crippen LogP contribution in [0.5, 0.6) is 0 Å². The molecule has 0 aromatic heterocycles. The van der Waals surface area contributed by atoms with Crippen molar-refractivity contribution in [2.45, 2.75) is 58.1 Å². The number of ether oxygens (including phenoxy) is 2. The lowest BCUT2D eigenvalue weighted by Gasteiger charge is -2.29. The second-order valence-electron chi connectivity index (χ2n) is 6.01. The molecule has 2 rings (SSSR count). The molecular weight excluding hydrogens is 234 g/mol. The third-order valence-electron chi connectivity index (χ3n) is 3.34. The van der Waals surface area contributed by atoms with Crippen molar-refractivity contribution < 1.29 is 23.2 Å². The van der Waals surface area contributed by atoms with Gasteiger partial charge in [-0.1, -0.05) is 6.85 Å². The molecule has 1 aliphatic carbocycles. The predicted octanol–water partition coefficient (Wildman–Crippen LogP) is 1.95. The van der Waals surface area contributed by atoms with Gasteiger partial charge in [-0.3, -0.25) is 4.90 Å². The number of carbonyl (C=O) groups excluding carboxylic acids is 2. The summed E-state index contributed by atoms with van der Waals surface area (Å²) in [6.07, 6.45) is -0.192. The highest BCUT2D eigenvalue weighted by Crippen LogP contribution is 2.59. The summed E-state index contributed by atoms with van der Waals surface area (Å²) < 4.78 is 33.0. The van der Waals surface area contributed by atoms with Crippen LogP contribution in [0.3, 0.4) is 0 Å². The highest BCUT2D eigenvalue weighted by molar-refractivity contribution is 5.83. The van der Waals surface area contributed by atoms with E-state index >= 15 is 0 Å². The third kappa shape index (κ3) is 2.18. The van der Waals surface area contributed by atoms with Crippen molar-refractivity contribution in [2.24, 2.45) is 5.41 Å². The molecule has 102 valence electrons. The average Bonchev–Trinajstić information content (AvgIpc) is 2.92. The lowest BCUT2D eigenvalue weighted by Crippen LogP contribution is -2.46. The maximum atomic E-state index is 12.3. The molecule has 1 aliphatic heterocycles. The van der Waals surface area contributed by atoms with Crippen molar-refractivity contribution >= 4 is 12.1 Å². The summed E-state index contributed by atoms with van der Waals surface area (Å²) in [4.78, 5) is 25.4. The molecule has 0 unspecified atom stereocenters. The smallest absolute Gasteiger partial charge is 0.411 e. The van der Waals surface area contributed by atoms with Gasteiger partial charge in [0.1, 0.15) is 11.6 Å². The van der Waals surface area contributed by atoms with Gasteiger partial charge in [0, 0.05) is 10.2 Å². The van der Waals surface area contributed by atoms with E-state index in [1.165, 1.54) is 12.0 Å². The Labute approximate surface area is 112 Å². The van der Waals surface area contributed by atoms with Crippen LogP contribution < -0.4 is 0 Å². The first-order valence-corrected chi connectivity index (χ1v) is 6.02. The molecule has 2 fully saturated rings. The second-order valence-corrected chi connectivity index (χ2v) is 6.01.